The summed E-state index contributed by atoms with van der Waals surface area (Å²) in [7, 11) is 0. The fourth-order valence-corrected chi connectivity index (χ4v) is 5.96. The minimum atomic E-state index is -4.74. The van der Waals surface area contributed by atoms with E-state index in [2.05, 4.69) is 34.8 Å². The third-order valence-corrected chi connectivity index (χ3v) is 7.90. The molecule has 218 valence electrons. The first-order valence-electron chi connectivity index (χ1n) is 14.2. The van der Waals surface area contributed by atoms with Gasteiger partial charge in [-0.05, 0) is 108 Å². The molecule has 0 spiro atoms. The molecule has 3 aliphatic rings. The summed E-state index contributed by atoms with van der Waals surface area (Å²) in [5.41, 5.74) is 14.2. The molecule has 0 unspecified atom stereocenters. The van der Waals surface area contributed by atoms with Crippen LogP contribution in [0.25, 0.3) is 11.1 Å². The summed E-state index contributed by atoms with van der Waals surface area (Å²) in [6, 6.07) is 12.1. The number of nitrogens with two attached hydrogens (primary N) is 1. The Kier molecular flexibility index (Phi) is 8.88. The number of allylic oxidation sites excluding steroid dienone is 7. The van der Waals surface area contributed by atoms with Gasteiger partial charge in [-0.25, -0.2) is 0 Å². The Bertz CT molecular complexity index is 1370. The third kappa shape index (κ3) is 7.22. The standard InChI is InChI=1S/C33H36F4N2O2/c1-22-6-10-26(40-28-16-19-39(21-28)18-3-17-34)13-15-29(22)32-30(5-2-4-24-20-25(38)9-14-31(24)32)23-7-11-27(12-8-23)41-33(35,36)37/h6-9,11-15,20,28H,2-5,10,16-19,21,38H2,1H3/t28-/m0/s1. The molecule has 0 saturated carbocycles. The lowest BCUT2D eigenvalue weighted by molar-refractivity contribution is -0.274. The third-order valence-electron chi connectivity index (χ3n) is 7.90. The number of benzene rings is 2. The maximum atomic E-state index is 12.8. The predicted octanol–water partition coefficient (Wildman–Crippen LogP) is 8.03. The minimum Gasteiger partial charge on any atom is -0.493 e. The van der Waals surface area contributed by atoms with Gasteiger partial charge in [0.15, 0.2) is 0 Å². The molecule has 8 heteroatoms. The first-order valence-corrected chi connectivity index (χ1v) is 14.2. The summed E-state index contributed by atoms with van der Waals surface area (Å²) in [6.45, 7) is 4.25. The van der Waals surface area contributed by atoms with Crippen molar-refractivity contribution < 1.29 is 27.0 Å². The first kappa shape index (κ1) is 29.0. The molecule has 2 aromatic carbocycles. The number of nitrogens with zero attached hydrogens (tertiary/aromatic N) is 1. The van der Waals surface area contributed by atoms with Gasteiger partial charge in [-0.15, -0.1) is 13.2 Å². The van der Waals surface area contributed by atoms with Gasteiger partial charge in [-0.2, -0.15) is 0 Å². The van der Waals surface area contributed by atoms with Gasteiger partial charge in [-0.3, -0.25) is 9.29 Å². The van der Waals surface area contributed by atoms with Crippen molar-refractivity contribution in [1.82, 2.24) is 4.90 Å². The van der Waals surface area contributed by atoms with E-state index in [0.717, 1.165) is 90.1 Å². The molecule has 41 heavy (non-hydrogen) atoms. The van der Waals surface area contributed by atoms with Crippen molar-refractivity contribution in [2.75, 3.05) is 32.0 Å². The number of hydrogen-bond acceptors (Lipinski definition) is 4. The van der Waals surface area contributed by atoms with Gasteiger partial charge in [0, 0.05) is 31.7 Å². The Morgan fingerprint density at radius 1 is 1.05 bits per heavy atom. The zero-order chi connectivity index (χ0) is 29.0. The first-order chi connectivity index (χ1) is 19.7. The normalized spacial score (nSPS) is 20.0. The van der Waals surface area contributed by atoms with Crippen LogP contribution in [0.3, 0.4) is 0 Å². The van der Waals surface area contributed by atoms with E-state index < -0.39 is 6.36 Å². The molecule has 1 atom stereocenters. The van der Waals surface area contributed by atoms with Crippen LogP contribution in [0.5, 0.6) is 5.75 Å². The van der Waals surface area contributed by atoms with E-state index in [1.807, 2.05) is 18.2 Å². The molecule has 5 rings (SSSR count). The molecule has 0 aromatic heterocycles. The molecule has 2 aliphatic carbocycles. The number of anilines is 1. The molecular formula is C33H36F4N2O2. The lowest BCUT2D eigenvalue weighted by Gasteiger charge is -2.20. The number of fused-ring (bicyclic) bond motifs is 1. The molecule has 0 radical (unpaired) electrons. The maximum absolute atomic E-state index is 12.8. The second kappa shape index (κ2) is 12.6. The van der Waals surface area contributed by atoms with Crippen LogP contribution in [0.4, 0.5) is 23.2 Å². The van der Waals surface area contributed by atoms with Crippen molar-refractivity contribution in [3.8, 4) is 5.75 Å². The predicted molar refractivity (Wildman–Crippen MR) is 155 cm³/mol. The van der Waals surface area contributed by atoms with E-state index in [-0.39, 0.29) is 18.5 Å². The summed E-state index contributed by atoms with van der Waals surface area (Å²) >= 11 is 0. The van der Waals surface area contributed by atoms with Crippen LogP contribution >= 0.6 is 0 Å². The molecule has 1 aliphatic heterocycles. The molecular weight excluding hydrogens is 532 g/mol. The molecule has 4 nitrogen and oxygen atoms in total. The number of alkyl halides is 4. The van der Waals surface area contributed by atoms with Crippen molar-refractivity contribution in [3.63, 3.8) is 0 Å². The van der Waals surface area contributed by atoms with Gasteiger partial charge >= 0.3 is 6.36 Å². The topological polar surface area (TPSA) is 47.7 Å². The van der Waals surface area contributed by atoms with Crippen molar-refractivity contribution >= 4 is 16.8 Å². The van der Waals surface area contributed by atoms with Gasteiger partial charge in [0.25, 0.3) is 0 Å². The zero-order valence-electron chi connectivity index (χ0n) is 23.3. The Morgan fingerprint density at radius 3 is 2.61 bits per heavy atom. The Morgan fingerprint density at radius 2 is 1.85 bits per heavy atom. The van der Waals surface area contributed by atoms with E-state index in [1.165, 1.54) is 12.1 Å². The van der Waals surface area contributed by atoms with E-state index >= 15 is 0 Å². The Labute approximate surface area is 238 Å². The SMILES string of the molecule is CC1=CCC(O[C@H]2CCN(CCCF)C2)=CC=C1C1=C(c2ccc(OC(F)(F)F)cc2)CCCc2cc(N)ccc21. The summed E-state index contributed by atoms with van der Waals surface area (Å²) in [4.78, 5) is 2.25. The van der Waals surface area contributed by atoms with Crippen LogP contribution in [-0.4, -0.2) is 43.7 Å². The Hall–Kier alpha value is -3.52. The summed E-state index contributed by atoms with van der Waals surface area (Å²) in [5, 5.41) is 0. The maximum Gasteiger partial charge on any atom is 0.573 e. The van der Waals surface area contributed by atoms with Crippen molar-refractivity contribution in [1.29, 1.82) is 0 Å². The molecule has 0 bridgehead atoms. The van der Waals surface area contributed by atoms with Crippen LogP contribution < -0.4 is 10.5 Å². The zero-order valence-corrected chi connectivity index (χ0v) is 23.3. The molecule has 1 heterocycles. The van der Waals surface area contributed by atoms with Crippen LogP contribution in [-0.2, 0) is 11.2 Å². The second-order valence-corrected chi connectivity index (χ2v) is 10.9. The molecule has 2 N–H and O–H groups in total. The van der Waals surface area contributed by atoms with Gasteiger partial charge in [0.05, 0.1) is 6.67 Å². The van der Waals surface area contributed by atoms with Crippen molar-refractivity contribution in [3.05, 3.63) is 94.3 Å². The van der Waals surface area contributed by atoms with Gasteiger partial charge < -0.3 is 15.2 Å². The fourth-order valence-electron chi connectivity index (χ4n) is 5.96. The van der Waals surface area contributed by atoms with Crippen LogP contribution in [0.2, 0.25) is 0 Å². The number of likely N-dealkylation sites (tertiary alicyclic amines) is 1. The smallest absolute Gasteiger partial charge is 0.493 e. The monoisotopic (exact) mass is 568 g/mol. The van der Waals surface area contributed by atoms with Crippen LogP contribution in [0.1, 0.15) is 55.7 Å². The van der Waals surface area contributed by atoms with E-state index in [9.17, 15) is 17.6 Å². The lowest BCUT2D eigenvalue weighted by atomic mass is 9.84. The quantitative estimate of drug-likeness (QED) is 0.259. The van der Waals surface area contributed by atoms with E-state index in [1.54, 1.807) is 12.1 Å². The van der Waals surface area contributed by atoms with Crippen LogP contribution in [0, 0.1) is 0 Å². The second-order valence-electron chi connectivity index (χ2n) is 10.9. The molecule has 1 fully saturated rings. The van der Waals surface area contributed by atoms with E-state index in [0.29, 0.717) is 18.5 Å². The Balaban J connectivity index is 1.51. The lowest BCUT2D eigenvalue weighted by Crippen LogP contribution is -2.24. The number of ether oxygens (including phenoxy) is 2. The number of hydrogen-bond donors (Lipinski definition) is 1. The van der Waals surface area contributed by atoms with Crippen molar-refractivity contribution in [2.45, 2.75) is 57.9 Å². The molecule has 1 saturated heterocycles. The van der Waals surface area contributed by atoms with Gasteiger partial charge in [0.2, 0.25) is 0 Å². The number of halogens is 4. The minimum absolute atomic E-state index is 0.0818. The average molecular weight is 569 g/mol. The van der Waals surface area contributed by atoms with Crippen LogP contribution in [0.15, 0.2) is 77.6 Å². The van der Waals surface area contributed by atoms with Gasteiger partial charge in [-0.1, -0.05) is 30.4 Å². The summed E-state index contributed by atoms with van der Waals surface area (Å²) < 4.78 is 61.4. The van der Waals surface area contributed by atoms with E-state index in [4.69, 9.17) is 10.5 Å². The fraction of sp³-hybridized carbons (Fsp3) is 0.394. The number of rotatable bonds is 8. The largest absolute Gasteiger partial charge is 0.573 e. The van der Waals surface area contributed by atoms with Crippen molar-refractivity contribution in [2.24, 2.45) is 0 Å². The summed E-state index contributed by atoms with van der Waals surface area (Å²) in [5.74, 6) is 0.647. The highest BCUT2D eigenvalue weighted by Gasteiger charge is 2.31. The summed E-state index contributed by atoms with van der Waals surface area (Å²) in [6.07, 6.45) is 6.28. The number of aryl methyl sites for hydroxylation is 1. The highest BCUT2D eigenvalue weighted by atomic mass is 19.4. The number of nitrogen functional groups attached to an aromatic ring is 1. The molecule has 0 amide bonds. The highest BCUT2D eigenvalue weighted by molar-refractivity contribution is 6.02. The highest BCUT2D eigenvalue weighted by Crippen LogP contribution is 2.43. The average Bonchev–Trinajstić information content (AvgIpc) is 3.19. The molecule has 2 aromatic rings. The van der Waals surface area contributed by atoms with Gasteiger partial charge in [0.1, 0.15) is 17.6 Å².